The van der Waals surface area contributed by atoms with E-state index in [9.17, 15) is 4.79 Å². The fourth-order valence-electron chi connectivity index (χ4n) is 1.18. The average Bonchev–Trinajstić information content (AvgIpc) is 2.79. The summed E-state index contributed by atoms with van der Waals surface area (Å²) in [7, 11) is 1.52. The molecule has 0 aliphatic carbocycles. The molecule has 0 saturated carbocycles. The molecule has 1 rings (SSSR count). The van der Waals surface area contributed by atoms with Gasteiger partial charge in [0.05, 0.1) is 10.6 Å². The molecule has 0 fully saturated rings. The van der Waals surface area contributed by atoms with Crippen LogP contribution in [0.15, 0.2) is 22.7 Å². The van der Waals surface area contributed by atoms with Crippen molar-refractivity contribution in [1.82, 2.24) is 5.32 Å². The first-order chi connectivity index (χ1) is 7.97. The number of carbonyl (C=O) groups is 1. The van der Waals surface area contributed by atoms with Crippen molar-refractivity contribution in [3.05, 3.63) is 22.4 Å². The zero-order valence-corrected chi connectivity index (χ0v) is 11.4. The highest BCUT2D eigenvalue weighted by atomic mass is 32.1. The largest absolute Gasteiger partial charge is 0.399 e. The van der Waals surface area contributed by atoms with Gasteiger partial charge in [0, 0.05) is 12.0 Å². The number of nitrogens with one attached hydrogen (secondary N) is 1. The maximum atomic E-state index is 11.8. The molecule has 0 radical (unpaired) electrons. The van der Waals surface area contributed by atoms with Gasteiger partial charge in [-0.3, -0.25) is 4.79 Å². The number of carbonyl (C=O) groups excluding carboxylic acids is 1. The van der Waals surface area contributed by atoms with E-state index in [2.05, 4.69) is 10.5 Å². The van der Waals surface area contributed by atoms with Gasteiger partial charge in [-0.05, 0) is 18.4 Å². The molecule has 4 nitrogen and oxygen atoms in total. The van der Waals surface area contributed by atoms with Gasteiger partial charge in [0.2, 0.25) is 0 Å². The smallest absolute Gasteiger partial charge is 0.261 e. The zero-order chi connectivity index (χ0) is 12.9. The molecule has 0 aliphatic heterocycles. The van der Waals surface area contributed by atoms with E-state index in [1.165, 1.54) is 18.4 Å². The summed E-state index contributed by atoms with van der Waals surface area (Å²) in [4.78, 5) is 17.2. The van der Waals surface area contributed by atoms with Crippen molar-refractivity contribution in [2.24, 2.45) is 10.6 Å². The summed E-state index contributed by atoms with van der Waals surface area (Å²) in [6, 6.07) is 3.67. The summed E-state index contributed by atoms with van der Waals surface area (Å²) in [5.74, 6) is -0.0432. The van der Waals surface area contributed by atoms with E-state index in [1.807, 2.05) is 38.3 Å². The van der Waals surface area contributed by atoms with Crippen molar-refractivity contribution in [2.45, 2.75) is 20.8 Å². The Morgan fingerprint density at radius 3 is 2.82 bits per heavy atom. The summed E-state index contributed by atoms with van der Waals surface area (Å²) in [5.41, 5.74) is 0.634. The van der Waals surface area contributed by atoms with Crippen LogP contribution >= 0.6 is 11.3 Å². The molecule has 0 bridgehead atoms. The van der Waals surface area contributed by atoms with Gasteiger partial charge >= 0.3 is 0 Å². The molecule has 0 spiro atoms. The molecule has 1 amide bonds. The number of amides is 1. The van der Waals surface area contributed by atoms with Gasteiger partial charge in [0.15, 0.2) is 0 Å². The number of hydrogen-bond acceptors (Lipinski definition) is 4. The molecule has 0 atom stereocenters. The summed E-state index contributed by atoms with van der Waals surface area (Å²) in [6.45, 7) is 6.45. The van der Waals surface area contributed by atoms with Gasteiger partial charge in [-0.25, -0.2) is 0 Å². The molecule has 0 saturated heterocycles. The quantitative estimate of drug-likeness (QED) is 0.648. The molecule has 0 unspecified atom stereocenters. The highest BCUT2D eigenvalue weighted by molar-refractivity contribution is 7.12. The van der Waals surface area contributed by atoms with Crippen molar-refractivity contribution in [3.63, 3.8) is 0 Å². The molecule has 1 aromatic heterocycles. The second-order valence-corrected chi connectivity index (χ2v) is 5.35. The van der Waals surface area contributed by atoms with Crippen LogP contribution in [0.1, 0.15) is 30.4 Å². The highest BCUT2D eigenvalue weighted by Crippen LogP contribution is 2.17. The van der Waals surface area contributed by atoms with Gasteiger partial charge in [-0.1, -0.05) is 25.1 Å². The van der Waals surface area contributed by atoms with Crippen LogP contribution in [0, 0.1) is 5.41 Å². The monoisotopic (exact) mass is 254 g/mol. The van der Waals surface area contributed by atoms with Crippen LogP contribution < -0.4 is 5.32 Å². The standard InChI is InChI=1S/C12H18N2O2S/c1-9(14-16-4)12(2,3)8-13-11(15)10-6-5-7-17-10/h5-7H,8H2,1-4H3,(H,13,15)/b14-9+. The van der Waals surface area contributed by atoms with Crippen molar-refractivity contribution in [2.75, 3.05) is 13.7 Å². The first kappa shape index (κ1) is 13.7. The molecule has 94 valence electrons. The Morgan fingerprint density at radius 2 is 2.29 bits per heavy atom. The Labute approximate surface area is 106 Å². The lowest BCUT2D eigenvalue weighted by atomic mass is 9.88. The fourth-order valence-corrected chi connectivity index (χ4v) is 1.82. The third-order valence-corrected chi connectivity index (χ3v) is 3.51. The van der Waals surface area contributed by atoms with Gasteiger partial charge in [-0.15, -0.1) is 11.3 Å². The predicted molar refractivity (Wildman–Crippen MR) is 70.6 cm³/mol. The molecular weight excluding hydrogens is 236 g/mol. The van der Waals surface area contributed by atoms with Crippen molar-refractivity contribution >= 4 is 23.0 Å². The SMILES string of the molecule is CO/N=C(\C)C(C)(C)CNC(=O)c1cccs1. The third kappa shape index (κ3) is 3.85. The van der Waals surface area contributed by atoms with Crippen molar-refractivity contribution in [3.8, 4) is 0 Å². The number of nitrogens with zero attached hydrogens (tertiary/aromatic N) is 1. The summed E-state index contributed by atoms with van der Waals surface area (Å²) >= 11 is 1.43. The van der Waals surface area contributed by atoms with Crippen LogP contribution in [0.4, 0.5) is 0 Å². The molecule has 1 heterocycles. The van der Waals surface area contributed by atoms with Gasteiger partial charge in [0.1, 0.15) is 7.11 Å². The Bertz CT molecular complexity index is 397. The summed E-state index contributed by atoms with van der Waals surface area (Å²) in [6.07, 6.45) is 0. The van der Waals surface area contributed by atoms with Gasteiger partial charge < -0.3 is 10.2 Å². The van der Waals surface area contributed by atoms with Crippen LogP contribution in [0.25, 0.3) is 0 Å². The zero-order valence-electron chi connectivity index (χ0n) is 10.6. The summed E-state index contributed by atoms with van der Waals surface area (Å²) in [5, 5.41) is 8.69. The lowest BCUT2D eigenvalue weighted by Crippen LogP contribution is -2.37. The lowest BCUT2D eigenvalue weighted by Gasteiger charge is -2.24. The summed E-state index contributed by atoms with van der Waals surface area (Å²) < 4.78 is 0. The minimum Gasteiger partial charge on any atom is -0.399 e. The van der Waals surface area contributed by atoms with E-state index in [1.54, 1.807) is 0 Å². The topological polar surface area (TPSA) is 50.7 Å². The second-order valence-electron chi connectivity index (χ2n) is 4.40. The van der Waals surface area contributed by atoms with Crippen LogP contribution in [-0.4, -0.2) is 25.3 Å². The fraction of sp³-hybridized carbons (Fsp3) is 0.500. The van der Waals surface area contributed by atoms with Crippen LogP contribution in [0.5, 0.6) is 0 Å². The Kier molecular flexibility index (Phi) is 4.69. The molecular formula is C12H18N2O2S. The van der Waals surface area contributed by atoms with E-state index in [4.69, 9.17) is 4.84 Å². The molecule has 0 aromatic carbocycles. The van der Waals surface area contributed by atoms with Gasteiger partial charge in [-0.2, -0.15) is 0 Å². The normalized spacial score (nSPS) is 12.4. The minimum atomic E-state index is -0.219. The Balaban J connectivity index is 2.56. The van der Waals surface area contributed by atoms with Crippen molar-refractivity contribution < 1.29 is 9.63 Å². The Morgan fingerprint density at radius 1 is 1.59 bits per heavy atom. The van der Waals surface area contributed by atoms with Crippen molar-refractivity contribution in [1.29, 1.82) is 0 Å². The lowest BCUT2D eigenvalue weighted by molar-refractivity contribution is 0.0948. The predicted octanol–water partition coefficient (Wildman–Crippen LogP) is 2.53. The second kappa shape index (κ2) is 5.82. The molecule has 17 heavy (non-hydrogen) atoms. The van der Waals surface area contributed by atoms with E-state index in [0.717, 1.165) is 10.6 Å². The highest BCUT2D eigenvalue weighted by Gasteiger charge is 2.23. The number of thiophene rings is 1. The van der Waals surface area contributed by atoms with Crippen LogP contribution in [0.3, 0.4) is 0 Å². The third-order valence-electron chi connectivity index (χ3n) is 2.64. The minimum absolute atomic E-state index is 0.0432. The molecule has 0 aliphatic rings. The molecule has 1 aromatic rings. The number of hydrogen-bond donors (Lipinski definition) is 1. The number of oxime groups is 1. The van der Waals surface area contributed by atoms with E-state index in [-0.39, 0.29) is 11.3 Å². The maximum absolute atomic E-state index is 11.8. The van der Waals surface area contributed by atoms with E-state index < -0.39 is 0 Å². The first-order valence-corrected chi connectivity index (χ1v) is 6.25. The number of rotatable bonds is 5. The van der Waals surface area contributed by atoms with E-state index in [0.29, 0.717) is 6.54 Å². The maximum Gasteiger partial charge on any atom is 0.261 e. The first-order valence-electron chi connectivity index (χ1n) is 5.37. The van der Waals surface area contributed by atoms with Gasteiger partial charge in [0.25, 0.3) is 5.91 Å². The van der Waals surface area contributed by atoms with E-state index >= 15 is 0 Å². The Hall–Kier alpha value is -1.36. The average molecular weight is 254 g/mol. The van der Waals surface area contributed by atoms with Crippen LogP contribution in [-0.2, 0) is 4.84 Å². The molecule has 1 N–H and O–H groups in total. The van der Waals surface area contributed by atoms with Crippen LogP contribution in [0.2, 0.25) is 0 Å². The molecule has 5 heteroatoms.